The van der Waals surface area contributed by atoms with E-state index in [1.165, 1.54) is 18.2 Å². The number of hydrogen-bond donors (Lipinski definition) is 2. The molecule has 6 nitrogen and oxygen atoms in total. The first-order chi connectivity index (χ1) is 9.91. The molecule has 2 aromatic rings. The van der Waals surface area contributed by atoms with Crippen molar-refractivity contribution in [1.82, 2.24) is 0 Å². The molecule has 2 aromatic carbocycles. The van der Waals surface area contributed by atoms with E-state index in [0.29, 0.717) is 5.69 Å². The summed E-state index contributed by atoms with van der Waals surface area (Å²) < 4.78 is 11.5. The van der Waals surface area contributed by atoms with Crippen LogP contribution in [0.4, 0.5) is 5.69 Å². The molecule has 0 radical (unpaired) electrons. The molecule has 7 heteroatoms. The molecule has 0 spiro atoms. The maximum Gasteiger partial charge on any atom is 0.357 e. The summed E-state index contributed by atoms with van der Waals surface area (Å²) in [5.41, 5.74) is 0.143. The fourth-order valence-corrected chi connectivity index (χ4v) is 3.11. The quantitative estimate of drug-likeness (QED) is 0.644. The van der Waals surface area contributed by atoms with Gasteiger partial charge in [0, 0.05) is 0 Å². The van der Waals surface area contributed by atoms with Gasteiger partial charge in [-0.2, -0.15) is 0 Å². The number of nitrogens with zero attached hydrogens (tertiary/aromatic N) is 1. The molecule has 2 amide bonds. The van der Waals surface area contributed by atoms with Crippen LogP contribution in [0.3, 0.4) is 0 Å². The Bertz CT molecular complexity index is 796. The van der Waals surface area contributed by atoms with Crippen molar-refractivity contribution >= 4 is 30.4 Å². The minimum atomic E-state index is -4.64. The Morgan fingerprint density at radius 1 is 0.857 bits per heavy atom. The predicted octanol–water partition coefficient (Wildman–Crippen LogP) is 1.29. The van der Waals surface area contributed by atoms with Crippen molar-refractivity contribution < 1.29 is 23.9 Å². The zero-order chi connectivity index (χ0) is 15.2. The van der Waals surface area contributed by atoms with Gasteiger partial charge in [-0.25, -0.2) is 4.90 Å². The Labute approximate surface area is 119 Å². The molecule has 1 heterocycles. The highest BCUT2D eigenvalue weighted by Gasteiger charge is 2.41. The molecule has 106 valence electrons. The van der Waals surface area contributed by atoms with Gasteiger partial charge in [0.1, 0.15) is 0 Å². The van der Waals surface area contributed by atoms with Crippen LogP contribution in [0.2, 0.25) is 0 Å². The summed E-state index contributed by atoms with van der Waals surface area (Å²) in [7, 11) is -4.64. The number of fused-ring (bicyclic) bond motifs is 1. The van der Waals surface area contributed by atoms with Crippen LogP contribution in [0, 0.1) is 0 Å². The van der Waals surface area contributed by atoms with Crippen LogP contribution in [0.15, 0.2) is 48.5 Å². The van der Waals surface area contributed by atoms with E-state index in [0.717, 1.165) is 4.90 Å². The summed E-state index contributed by atoms with van der Waals surface area (Å²) in [6.45, 7) is 0. The van der Waals surface area contributed by atoms with Crippen molar-refractivity contribution in [3.63, 3.8) is 0 Å². The third-order valence-corrected chi connectivity index (χ3v) is 4.22. The van der Waals surface area contributed by atoms with Crippen LogP contribution in [0.5, 0.6) is 0 Å². The molecule has 0 fully saturated rings. The lowest BCUT2D eigenvalue weighted by molar-refractivity contribution is 0.0926. The second-order valence-corrected chi connectivity index (χ2v) is 6.09. The minimum Gasteiger partial charge on any atom is -0.321 e. The highest BCUT2D eigenvalue weighted by molar-refractivity contribution is 7.60. The summed E-state index contributed by atoms with van der Waals surface area (Å²) in [5, 5.41) is -0.420. The molecule has 2 N–H and O–H groups in total. The van der Waals surface area contributed by atoms with E-state index in [9.17, 15) is 23.9 Å². The topological polar surface area (TPSA) is 94.9 Å². The van der Waals surface area contributed by atoms with Crippen LogP contribution in [-0.2, 0) is 4.57 Å². The molecule has 0 aliphatic carbocycles. The largest absolute Gasteiger partial charge is 0.357 e. The van der Waals surface area contributed by atoms with Crippen molar-refractivity contribution in [3.8, 4) is 0 Å². The monoisotopic (exact) mass is 303 g/mol. The molecular formula is C14H10NO5P. The van der Waals surface area contributed by atoms with Gasteiger partial charge in [-0.3, -0.25) is 14.2 Å². The average Bonchev–Trinajstić information content (AvgIpc) is 2.71. The average molecular weight is 303 g/mol. The van der Waals surface area contributed by atoms with E-state index in [1.807, 2.05) is 0 Å². The first-order valence-corrected chi connectivity index (χ1v) is 7.65. The third kappa shape index (κ3) is 2.10. The summed E-state index contributed by atoms with van der Waals surface area (Å²) in [5.74, 6) is -1.31. The second-order valence-electron chi connectivity index (χ2n) is 4.52. The molecule has 1 aliphatic heterocycles. The summed E-state index contributed by atoms with van der Waals surface area (Å²) in [4.78, 5) is 44.4. The maximum atomic E-state index is 12.4. The van der Waals surface area contributed by atoms with Gasteiger partial charge < -0.3 is 9.79 Å². The zero-order valence-electron chi connectivity index (χ0n) is 10.6. The molecule has 0 bridgehead atoms. The number of carbonyl (C=O) groups excluding carboxylic acids is 2. The molecule has 1 aliphatic rings. The van der Waals surface area contributed by atoms with E-state index in [1.54, 1.807) is 30.3 Å². The normalized spacial score (nSPS) is 14.5. The van der Waals surface area contributed by atoms with Gasteiger partial charge in [0.15, 0.2) is 0 Å². The first-order valence-electron chi connectivity index (χ1n) is 6.04. The van der Waals surface area contributed by atoms with Crippen molar-refractivity contribution in [2.45, 2.75) is 0 Å². The van der Waals surface area contributed by atoms with Crippen molar-refractivity contribution in [1.29, 1.82) is 0 Å². The second kappa shape index (κ2) is 4.63. The van der Waals surface area contributed by atoms with Gasteiger partial charge in [0.05, 0.1) is 22.1 Å². The Morgan fingerprint density at radius 3 is 2.14 bits per heavy atom. The number of para-hydroxylation sites is 1. The Kier molecular flexibility index (Phi) is 3.02. The van der Waals surface area contributed by atoms with E-state index in [2.05, 4.69) is 0 Å². The molecule has 0 unspecified atom stereocenters. The van der Waals surface area contributed by atoms with Crippen LogP contribution in [0.25, 0.3) is 0 Å². The lowest BCUT2D eigenvalue weighted by Crippen LogP contribution is -2.30. The molecule has 0 saturated heterocycles. The Hall–Kier alpha value is -2.27. The maximum absolute atomic E-state index is 12.4. The minimum absolute atomic E-state index is 0.00433. The van der Waals surface area contributed by atoms with Crippen molar-refractivity contribution in [3.05, 3.63) is 59.7 Å². The number of amides is 2. The molecule has 0 aromatic heterocycles. The fourth-order valence-electron chi connectivity index (χ4n) is 2.32. The Balaban J connectivity index is 2.20. The number of rotatable bonds is 2. The predicted molar refractivity (Wildman–Crippen MR) is 75.7 cm³/mol. The molecule has 0 saturated carbocycles. The van der Waals surface area contributed by atoms with Crippen LogP contribution in [0.1, 0.15) is 20.7 Å². The van der Waals surface area contributed by atoms with Gasteiger partial charge in [0.25, 0.3) is 11.8 Å². The van der Waals surface area contributed by atoms with Gasteiger partial charge >= 0.3 is 7.60 Å². The summed E-state index contributed by atoms with van der Waals surface area (Å²) >= 11 is 0. The lowest BCUT2D eigenvalue weighted by atomic mass is 10.1. The van der Waals surface area contributed by atoms with Gasteiger partial charge in [-0.1, -0.05) is 24.3 Å². The number of imide groups is 1. The summed E-state index contributed by atoms with van der Waals surface area (Å²) in [6.07, 6.45) is 0. The van der Waals surface area contributed by atoms with E-state index in [4.69, 9.17) is 0 Å². The van der Waals surface area contributed by atoms with Crippen molar-refractivity contribution in [2.24, 2.45) is 0 Å². The van der Waals surface area contributed by atoms with Crippen LogP contribution < -0.4 is 10.2 Å². The van der Waals surface area contributed by atoms with Crippen LogP contribution in [-0.4, -0.2) is 21.6 Å². The van der Waals surface area contributed by atoms with Gasteiger partial charge in [0.2, 0.25) is 0 Å². The van der Waals surface area contributed by atoms with E-state index >= 15 is 0 Å². The lowest BCUT2D eigenvalue weighted by Gasteiger charge is -2.13. The van der Waals surface area contributed by atoms with Gasteiger partial charge in [-0.15, -0.1) is 0 Å². The molecule has 0 atom stereocenters. The number of hydrogen-bond acceptors (Lipinski definition) is 3. The van der Waals surface area contributed by atoms with E-state index < -0.39 is 24.7 Å². The fraction of sp³-hybridized carbons (Fsp3) is 0. The highest BCUT2D eigenvalue weighted by Crippen LogP contribution is 2.38. The zero-order valence-corrected chi connectivity index (χ0v) is 11.5. The Morgan fingerprint density at radius 2 is 1.52 bits per heavy atom. The molecule has 21 heavy (non-hydrogen) atoms. The molecular weight excluding hydrogens is 293 g/mol. The number of anilines is 1. The standard InChI is InChI=1S/C14H10NO5P/c16-13-10-7-4-8-11(21(18,19)20)12(10)14(17)15(13)9-5-2-1-3-6-9/h1-8H,(H2,18,19,20). The van der Waals surface area contributed by atoms with Crippen molar-refractivity contribution in [2.75, 3.05) is 4.90 Å². The smallest absolute Gasteiger partial charge is 0.321 e. The third-order valence-electron chi connectivity index (χ3n) is 3.22. The number of carbonyl (C=O) groups is 2. The molecule has 3 rings (SSSR count). The first kappa shape index (κ1) is 13.7. The summed E-state index contributed by atoms with van der Waals surface area (Å²) in [6, 6.07) is 12.1. The van der Waals surface area contributed by atoms with E-state index in [-0.39, 0.29) is 11.1 Å². The van der Waals surface area contributed by atoms with Gasteiger partial charge in [-0.05, 0) is 24.3 Å². The SMILES string of the molecule is O=C1c2cccc(P(=O)(O)O)c2C(=O)N1c1ccccc1. The van der Waals surface area contributed by atoms with Crippen LogP contribution >= 0.6 is 7.60 Å². The highest BCUT2D eigenvalue weighted by atomic mass is 31.2. The number of benzene rings is 2.